The fourth-order valence-corrected chi connectivity index (χ4v) is 1.25. The molecule has 1 fully saturated rings. The van der Waals surface area contributed by atoms with Gasteiger partial charge in [0.1, 0.15) is 0 Å². The smallest absolute Gasteiger partial charge is 0.248 e. The standard InChI is InChI=1S/C7H14N4O2/c8-10-7(13)5-11-3-1-2-9-6(12)4-11/h1-5,8H2,(H,9,12)(H,10,13). The first-order chi connectivity index (χ1) is 6.22. The minimum absolute atomic E-state index is 0.0395. The van der Waals surface area contributed by atoms with E-state index >= 15 is 0 Å². The van der Waals surface area contributed by atoms with E-state index in [0.717, 1.165) is 13.0 Å². The van der Waals surface area contributed by atoms with E-state index in [1.54, 1.807) is 4.90 Å². The minimum Gasteiger partial charge on any atom is -0.355 e. The van der Waals surface area contributed by atoms with Crippen LogP contribution in [-0.4, -0.2) is 42.9 Å². The Morgan fingerprint density at radius 3 is 3.15 bits per heavy atom. The quantitative estimate of drug-likeness (QED) is 0.259. The van der Waals surface area contributed by atoms with Gasteiger partial charge in [0.05, 0.1) is 13.1 Å². The topological polar surface area (TPSA) is 87.5 Å². The van der Waals surface area contributed by atoms with E-state index in [-0.39, 0.29) is 24.9 Å². The molecule has 1 aliphatic heterocycles. The number of hydrazine groups is 1. The van der Waals surface area contributed by atoms with Crippen LogP contribution in [0, 0.1) is 0 Å². The molecule has 6 nitrogen and oxygen atoms in total. The molecule has 2 amide bonds. The normalized spacial score (nSPS) is 19.0. The third-order valence-corrected chi connectivity index (χ3v) is 1.87. The monoisotopic (exact) mass is 186 g/mol. The second kappa shape index (κ2) is 4.78. The predicted octanol–water partition coefficient (Wildman–Crippen LogP) is -2.20. The van der Waals surface area contributed by atoms with Crippen molar-refractivity contribution in [2.24, 2.45) is 5.84 Å². The zero-order valence-electron chi connectivity index (χ0n) is 7.38. The van der Waals surface area contributed by atoms with Crippen LogP contribution in [-0.2, 0) is 9.59 Å². The number of rotatable bonds is 2. The molecule has 0 saturated carbocycles. The summed E-state index contributed by atoms with van der Waals surface area (Å²) in [6.07, 6.45) is 0.865. The number of hydrogen-bond donors (Lipinski definition) is 3. The molecule has 74 valence electrons. The Bertz CT molecular complexity index is 207. The largest absolute Gasteiger partial charge is 0.355 e. The third-order valence-electron chi connectivity index (χ3n) is 1.87. The minimum atomic E-state index is -0.269. The Morgan fingerprint density at radius 2 is 2.46 bits per heavy atom. The van der Waals surface area contributed by atoms with Crippen LogP contribution in [0.1, 0.15) is 6.42 Å². The van der Waals surface area contributed by atoms with Crippen LogP contribution in [0.3, 0.4) is 0 Å². The first kappa shape index (κ1) is 9.94. The summed E-state index contributed by atoms with van der Waals surface area (Å²) >= 11 is 0. The predicted molar refractivity (Wildman–Crippen MR) is 46.4 cm³/mol. The van der Waals surface area contributed by atoms with Gasteiger partial charge in [0.2, 0.25) is 11.8 Å². The second-order valence-electron chi connectivity index (χ2n) is 2.98. The average Bonchev–Trinajstić information content (AvgIpc) is 2.30. The number of carbonyl (C=O) groups is 2. The number of amides is 2. The van der Waals surface area contributed by atoms with Gasteiger partial charge in [-0.3, -0.25) is 19.9 Å². The Kier molecular flexibility index (Phi) is 3.66. The van der Waals surface area contributed by atoms with E-state index in [1.807, 2.05) is 5.43 Å². The molecule has 1 aliphatic rings. The van der Waals surface area contributed by atoms with Crippen molar-refractivity contribution < 1.29 is 9.59 Å². The highest BCUT2D eigenvalue weighted by Gasteiger charge is 2.16. The molecule has 0 aromatic heterocycles. The summed E-state index contributed by atoms with van der Waals surface area (Å²) in [5.41, 5.74) is 2.04. The van der Waals surface area contributed by atoms with Crippen LogP contribution >= 0.6 is 0 Å². The molecule has 0 aromatic carbocycles. The summed E-state index contributed by atoms with van der Waals surface area (Å²) < 4.78 is 0. The van der Waals surface area contributed by atoms with Crippen LogP contribution in [0.2, 0.25) is 0 Å². The zero-order chi connectivity index (χ0) is 9.68. The van der Waals surface area contributed by atoms with Crippen molar-refractivity contribution >= 4 is 11.8 Å². The number of hydrogen-bond acceptors (Lipinski definition) is 4. The molecule has 0 aliphatic carbocycles. The van der Waals surface area contributed by atoms with Gasteiger partial charge in [0.15, 0.2) is 0 Å². The molecule has 4 N–H and O–H groups in total. The lowest BCUT2D eigenvalue weighted by molar-refractivity contribution is -0.124. The van der Waals surface area contributed by atoms with Gasteiger partial charge in [-0.25, -0.2) is 5.84 Å². The van der Waals surface area contributed by atoms with Gasteiger partial charge in [-0.05, 0) is 6.42 Å². The van der Waals surface area contributed by atoms with Crippen molar-refractivity contribution in [1.82, 2.24) is 15.6 Å². The SMILES string of the molecule is NNC(=O)CN1CCCNC(=O)C1. The molecular formula is C7H14N4O2. The van der Waals surface area contributed by atoms with Crippen molar-refractivity contribution in [3.05, 3.63) is 0 Å². The van der Waals surface area contributed by atoms with Crippen LogP contribution < -0.4 is 16.6 Å². The van der Waals surface area contributed by atoms with Gasteiger partial charge >= 0.3 is 0 Å². The highest BCUT2D eigenvalue weighted by Crippen LogP contribution is 1.94. The number of carbonyl (C=O) groups excluding carboxylic acids is 2. The van der Waals surface area contributed by atoms with Crippen LogP contribution in [0.5, 0.6) is 0 Å². The summed E-state index contributed by atoms with van der Waals surface area (Å²) in [5, 5.41) is 2.72. The van der Waals surface area contributed by atoms with E-state index in [0.29, 0.717) is 6.54 Å². The van der Waals surface area contributed by atoms with Crippen molar-refractivity contribution in [3.63, 3.8) is 0 Å². The fourth-order valence-electron chi connectivity index (χ4n) is 1.25. The second-order valence-corrected chi connectivity index (χ2v) is 2.98. The highest BCUT2D eigenvalue weighted by atomic mass is 16.2. The number of nitrogens with two attached hydrogens (primary N) is 1. The van der Waals surface area contributed by atoms with E-state index < -0.39 is 0 Å². The first-order valence-corrected chi connectivity index (χ1v) is 4.21. The van der Waals surface area contributed by atoms with Gasteiger partial charge < -0.3 is 5.32 Å². The van der Waals surface area contributed by atoms with Gasteiger partial charge in [-0.1, -0.05) is 0 Å². The molecule has 0 radical (unpaired) electrons. The summed E-state index contributed by atoms with van der Waals surface area (Å²) in [5.74, 6) is 4.63. The summed E-state index contributed by atoms with van der Waals surface area (Å²) in [6, 6.07) is 0. The third kappa shape index (κ3) is 3.39. The van der Waals surface area contributed by atoms with E-state index in [1.165, 1.54) is 0 Å². The van der Waals surface area contributed by atoms with Crippen molar-refractivity contribution in [2.45, 2.75) is 6.42 Å². The molecule has 0 atom stereocenters. The Balaban J connectivity index is 2.39. The summed E-state index contributed by atoms with van der Waals surface area (Å²) in [7, 11) is 0. The molecule has 1 heterocycles. The molecule has 1 rings (SSSR count). The Hall–Kier alpha value is -1.14. The number of nitrogens with one attached hydrogen (secondary N) is 2. The van der Waals surface area contributed by atoms with Gasteiger partial charge in [0.25, 0.3) is 0 Å². The van der Waals surface area contributed by atoms with E-state index in [4.69, 9.17) is 5.84 Å². The molecule has 6 heteroatoms. The average molecular weight is 186 g/mol. The fraction of sp³-hybridized carbons (Fsp3) is 0.714. The lowest BCUT2D eigenvalue weighted by atomic mass is 10.4. The lowest BCUT2D eigenvalue weighted by Gasteiger charge is -2.16. The van der Waals surface area contributed by atoms with Crippen molar-refractivity contribution in [3.8, 4) is 0 Å². The maximum Gasteiger partial charge on any atom is 0.248 e. The van der Waals surface area contributed by atoms with Crippen LogP contribution in [0.15, 0.2) is 0 Å². The van der Waals surface area contributed by atoms with Crippen LogP contribution in [0.4, 0.5) is 0 Å². The molecule has 0 unspecified atom stereocenters. The van der Waals surface area contributed by atoms with Gasteiger partial charge in [0, 0.05) is 13.1 Å². The molecule has 1 saturated heterocycles. The molecule has 0 spiro atoms. The first-order valence-electron chi connectivity index (χ1n) is 4.21. The Morgan fingerprint density at radius 1 is 1.69 bits per heavy atom. The Labute approximate surface area is 76.4 Å². The zero-order valence-corrected chi connectivity index (χ0v) is 7.38. The van der Waals surface area contributed by atoms with Crippen LogP contribution in [0.25, 0.3) is 0 Å². The van der Waals surface area contributed by atoms with Crippen molar-refractivity contribution in [2.75, 3.05) is 26.2 Å². The van der Waals surface area contributed by atoms with Gasteiger partial charge in [-0.15, -0.1) is 0 Å². The summed E-state index contributed by atoms with van der Waals surface area (Å²) in [6.45, 7) is 1.88. The molecular weight excluding hydrogens is 172 g/mol. The highest BCUT2D eigenvalue weighted by molar-refractivity contribution is 5.81. The molecule has 0 aromatic rings. The van der Waals surface area contributed by atoms with Crippen molar-refractivity contribution in [1.29, 1.82) is 0 Å². The lowest BCUT2D eigenvalue weighted by Crippen LogP contribution is -2.42. The maximum atomic E-state index is 11.0. The molecule has 13 heavy (non-hydrogen) atoms. The summed E-state index contributed by atoms with van der Waals surface area (Å²) in [4.78, 5) is 23.7. The van der Waals surface area contributed by atoms with E-state index in [2.05, 4.69) is 5.32 Å². The maximum absolute atomic E-state index is 11.0. The molecule has 0 bridgehead atoms. The van der Waals surface area contributed by atoms with Gasteiger partial charge in [-0.2, -0.15) is 0 Å². The van der Waals surface area contributed by atoms with E-state index in [9.17, 15) is 9.59 Å². The number of nitrogens with zero attached hydrogens (tertiary/aromatic N) is 1.